The number of piperidine rings is 1. The van der Waals surface area contributed by atoms with Crippen molar-refractivity contribution in [1.82, 2.24) is 4.90 Å². The number of carboxylic acids is 1. The van der Waals surface area contributed by atoms with Crippen molar-refractivity contribution in [2.24, 2.45) is 17.3 Å². The maximum Gasteiger partial charge on any atom is 0.410 e. The summed E-state index contributed by atoms with van der Waals surface area (Å²) in [5, 5.41) is 10.1. The van der Waals surface area contributed by atoms with E-state index in [4.69, 9.17) is 9.47 Å². The molecule has 3 heterocycles. The summed E-state index contributed by atoms with van der Waals surface area (Å²) < 4.78 is 10.9. The van der Waals surface area contributed by atoms with Gasteiger partial charge in [0.2, 0.25) is 5.91 Å². The molecule has 0 unspecified atom stereocenters. The summed E-state index contributed by atoms with van der Waals surface area (Å²) in [6, 6.07) is 1.58. The number of carboxylic acid groups (broad SMARTS) is 1. The van der Waals surface area contributed by atoms with Crippen molar-refractivity contribution < 1.29 is 29.0 Å². The number of ether oxygens (including phenoxy) is 2. The van der Waals surface area contributed by atoms with E-state index in [1.807, 2.05) is 20.8 Å². The van der Waals surface area contributed by atoms with Gasteiger partial charge in [-0.2, -0.15) is 0 Å². The third-order valence-electron chi connectivity index (χ3n) is 7.57. The van der Waals surface area contributed by atoms with Gasteiger partial charge < -0.3 is 24.4 Å². The van der Waals surface area contributed by atoms with Crippen LogP contribution in [0.4, 0.5) is 10.5 Å². The van der Waals surface area contributed by atoms with Gasteiger partial charge in [-0.25, -0.2) is 9.59 Å². The molecule has 1 saturated carbocycles. The zero-order valence-electron chi connectivity index (χ0n) is 23.0. The Balaban J connectivity index is 1.58. The largest absolute Gasteiger partial charge is 0.477 e. The molecule has 0 radical (unpaired) electrons. The number of carbonyl (C=O) groups is 3. The maximum atomic E-state index is 14.0. The SMILES string of the molecule is CC(C)(C)C#Cc1cc(N(C(=O)[C@H]2CC[C@H](C)CC2)C2CCN(C(=O)O[C@H]3CCOC3)CC2)c(C(=O)O)s1. The molecule has 0 spiro atoms. The molecule has 9 heteroatoms. The van der Waals surface area contributed by atoms with Crippen LogP contribution in [0.3, 0.4) is 0 Å². The standard InChI is InChI=1S/C29H40N2O6S/c1-19-5-7-20(8-6-19)26(32)31(24-17-23(9-13-29(2,3)4)38-25(24)27(33)34)21-10-14-30(15-11-21)28(35)37-22-12-16-36-18-22/h17,19-22H,5-8,10-12,14-16,18H2,1-4H3,(H,33,34)/t19-,20-,22-/m0/s1. The molecule has 2 amide bonds. The molecular formula is C29H40N2O6S. The number of hydrogen-bond acceptors (Lipinski definition) is 6. The van der Waals surface area contributed by atoms with Gasteiger partial charge in [0.05, 0.1) is 23.8 Å². The molecule has 1 aliphatic carbocycles. The molecule has 2 aliphatic heterocycles. The number of anilines is 1. The van der Waals surface area contributed by atoms with Crippen LogP contribution in [0.15, 0.2) is 6.07 Å². The summed E-state index contributed by atoms with van der Waals surface area (Å²) in [6.07, 6.45) is 4.90. The first-order valence-electron chi connectivity index (χ1n) is 13.8. The van der Waals surface area contributed by atoms with Gasteiger partial charge in [-0.1, -0.05) is 18.8 Å². The number of thiophene rings is 1. The monoisotopic (exact) mass is 544 g/mol. The second-order valence-corrected chi connectivity index (χ2v) is 12.9. The minimum atomic E-state index is -1.05. The van der Waals surface area contributed by atoms with Crippen molar-refractivity contribution in [1.29, 1.82) is 0 Å². The Morgan fingerprint density at radius 1 is 1.11 bits per heavy atom. The number of likely N-dealkylation sites (tertiary alicyclic amines) is 1. The summed E-state index contributed by atoms with van der Waals surface area (Å²) in [6.45, 7) is 10.2. The van der Waals surface area contributed by atoms with Crippen molar-refractivity contribution in [2.75, 3.05) is 31.2 Å². The predicted molar refractivity (Wildman–Crippen MR) is 147 cm³/mol. The lowest BCUT2D eigenvalue weighted by Crippen LogP contribution is -2.51. The molecule has 0 aromatic carbocycles. The topological polar surface area (TPSA) is 96.4 Å². The van der Waals surface area contributed by atoms with Gasteiger partial charge >= 0.3 is 12.1 Å². The van der Waals surface area contributed by atoms with Gasteiger partial charge in [-0.15, -0.1) is 11.3 Å². The van der Waals surface area contributed by atoms with Gasteiger partial charge in [0.1, 0.15) is 11.0 Å². The smallest absolute Gasteiger partial charge is 0.410 e. The average Bonchev–Trinajstić information content (AvgIpc) is 3.53. The number of rotatable bonds is 5. The van der Waals surface area contributed by atoms with Gasteiger partial charge in [0.25, 0.3) is 0 Å². The highest BCUT2D eigenvalue weighted by Crippen LogP contribution is 2.38. The van der Waals surface area contributed by atoms with Gasteiger partial charge in [0, 0.05) is 36.9 Å². The van der Waals surface area contributed by atoms with E-state index < -0.39 is 5.97 Å². The summed E-state index contributed by atoms with van der Waals surface area (Å²) >= 11 is 1.12. The molecule has 1 atom stereocenters. The molecule has 38 heavy (non-hydrogen) atoms. The lowest BCUT2D eigenvalue weighted by molar-refractivity contribution is -0.124. The van der Waals surface area contributed by atoms with Crippen molar-refractivity contribution in [3.8, 4) is 11.8 Å². The molecule has 8 nitrogen and oxygen atoms in total. The van der Waals surface area contributed by atoms with Crippen LogP contribution >= 0.6 is 11.3 Å². The molecule has 1 aromatic rings. The zero-order chi connectivity index (χ0) is 27.4. The highest BCUT2D eigenvalue weighted by Gasteiger charge is 2.38. The zero-order valence-corrected chi connectivity index (χ0v) is 23.8. The van der Waals surface area contributed by atoms with Crippen molar-refractivity contribution in [3.05, 3.63) is 15.8 Å². The maximum absolute atomic E-state index is 14.0. The van der Waals surface area contributed by atoms with Crippen LogP contribution < -0.4 is 4.90 Å². The van der Waals surface area contributed by atoms with Crippen LogP contribution in [-0.2, 0) is 14.3 Å². The normalized spacial score (nSPS) is 24.4. The number of aromatic carboxylic acids is 1. The summed E-state index contributed by atoms with van der Waals surface area (Å²) in [7, 11) is 0. The molecule has 4 rings (SSSR count). The number of amides is 2. The van der Waals surface area contributed by atoms with E-state index in [-0.39, 0.29) is 40.4 Å². The number of nitrogens with zero attached hydrogens (tertiary/aromatic N) is 2. The molecule has 0 bridgehead atoms. The Hall–Kier alpha value is -2.57. The molecule has 1 aromatic heterocycles. The first-order chi connectivity index (χ1) is 18.0. The van der Waals surface area contributed by atoms with Gasteiger partial charge in [-0.05, 0) is 71.3 Å². The van der Waals surface area contributed by atoms with Crippen LogP contribution in [0.1, 0.15) is 87.2 Å². The molecule has 2 saturated heterocycles. The van der Waals surface area contributed by atoms with Crippen LogP contribution in [0.25, 0.3) is 0 Å². The summed E-state index contributed by atoms with van der Waals surface area (Å²) in [5.41, 5.74) is 0.210. The van der Waals surface area contributed by atoms with Crippen LogP contribution in [0, 0.1) is 29.1 Å². The summed E-state index contributed by atoms with van der Waals surface area (Å²) in [4.78, 5) is 43.3. The molecule has 3 fully saturated rings. The Bertz CT molecular complexity index is 1070. The van der Waals surface area contributed by atoms with Crippen LogP contribution in [-0.4, -0.2) is 66.4 Å². The third kappa shape index (κ3) is 7.09. The van der Waals surface area contributed by atoms with E-state index in [1.54, 1.807) is 15.9 Å². The lowest BCUT2D eigenvalue weighted by Gasteiger charge is -2.40. The Morgan fingerprint density at radius 2 is 1.79 bits per heavy atom. The minimum Gasteiger partial charge on any atom is -0.477 e. The van der Waals surface area contributed by atoms with E-state index in [0.717, 1.165) is 37.0 Å². The molecule has 3 aliphatic rings. The Kier molecular flexibility index (Phi) is 9.04. The second-order valence-electron chi connectivity index (χ2n) is 11.9. The molecule has 1 N–H and O–H groups in total. The van der Waals surface area contributed by atoms with E-state index >= 15 is 0 Å². The van der Waals surface area contributed by atoms with Crippen molar-refractivity contribution in [2.45, 2.75) is 84.8 Å². The average molecular weight is 545 g/mol. The van der Waals surface area contributed by atoms with Gasteiger partial charge in [0.15, 0.2) is 0 Å². The van der Waals surface area contributed by atoms with Crippen LogP contribution in [0.5, 0.6) is 0 Å². The first-order valence-corrected chi connectivity index (χ1v) is 14.6. The molecule has 208 valence electrons. The number of hydrogen-bond donors (Lipinski definition) is 1. The van der Waals surface area contributed by atoms with E-state index in [1.165, 1.54) is 0 Å². The second kappa shape index (κ2) is 12.1. The van der Waals surface area contributed by atoms with Gasteiger partial charge in [-0.3, -0.25) is 4.79 Å². The lowest BCUT2D eigenvalue weighted by atomic mass is 9.82. The number of carbonyl (C=O) groups excluding carboxylic acids is 2. The Labute approximate surface area is 229 Å². The first kappa shape index (κ1) is 28.4. The molecular weight excluding hydrogens is 504 g/mol. The fourth-order valence-electron chi connectivity index (χ4n) is 5.35. The quantitative estimate of drug-likeness (QED) is 0.499. The minimum absolute atomic E-state index is 0.00309. The Morgan fingerprint density at radius 3 is 2.37 bits per heavy atom. The fraction of sp³-hybridized carbons (Fsp3) is 0.690. The highest BCUT2D eigenvalue weighted by atomic mass is 32.1. The third-order valence-corrected chi connectivity index (χ3v) is 8.60. The van der Waals surface area contributed by atoms with E-state index in [2.05, 4.69) is 18.8 Å². The van der Waals surface area contributed by atoms with E-state index in [0.29, 0.717) is 62.0 Å². The van der Waals surface area contributed by atoms with Crippen molar-refractivity contribution in [3.63, 3.8) is 0 Å². The highest BCUT2D eigenvalue weighted by molar-refractivity contribution is 7.15. The van der Waals surface area contributed by atoms with Crippen molar-refractivity contribution >= 4 is 35.0 Å². The predicted octanol–water partition coefficient (Wildman–Crippen LogP) is 5.39. The summed E-state index contributed by atoms with van der Waals surface area (Å²) in [5.74, 6) is 5.73. The van der Waals surface area contributed by atoms with E-state index in [9.17, 15) is 19.5 Å². The fourth-order valence-corrected chi connectivity index (χ4v) is 6.19. The van der Waals surface area contributed by atoms with Crippen LogP contribution in [0.2, 0.25) is 0 Å².